The Morgan fingerprint density at radius 1 is 0.263 bits per heavy atom. The SMILES string of the molecule is c1ccc(-c2cccc(-c3nc(-c4ccccc4)nc(-c4ccc(-c5ccc6c(c5)oc5c7ccccc7c(-c7ccccc7)cc65)c5ccccc45)n3)c2)cc1. The molecule has 57 heavy (non-hydrogen) atoms. The minimum atomic E-state index is 0.626. The highest BCUT2D eigenvalue weighted by Gasteiger charge is 2.19. The molecule has 0 aliphatic rings. The summed E-state index contributed by atoms with van der Waals surface area (Å²) in [5.41, 5.74) is 11.4. The Morgan fingerprint density at radius 3 is 1.51 bits per heavy atom. The minimum absolute atomic E-state index is 0.626. The fourth-order valence-corrected chi connectivity index (χ4v) is 8.18. The monoisotopic (exact) mass is 727 g/mol. The summed E-state index contributed by atoms with van der Waals surface area (Å²) >= 11 is 0. The summed E-state index contributed by atoms with van der Waals surface area (Å²) in [4.78, 5) is 15.3. The Hall–Kier alpha value is -7.69. The van der Waals surface area contributed by atoms with Gasteiger partial charge in [-0.05, 0) is 79.9 Å². The smallest absolute Gasteiger partial charge is 0.164 e. The van der Waals surface area contributed by atoms with E-state index >= 15 is 0 Å². The lowest BCUT2D eigenvalue weighted by atomic mass is 9.93. The van der Waals surface area contributed by atoms with Crippen molar-refractivity contribution in [2.75, 3.05) is 0 Å². The van der Waals surface area contributed by atoms with Crippen LogP contribution >= 0.6 is 0 Å². The molecule has 11 aromatic rings. The Morgan fingerprint density at radius 2 is 0.789 bits per heavy atom. The van der Waals surface area contributed by atoms with Crippen LogP contribution in [0.5, 0.6) is 0 Å². The third-order valence-corrected chi connectivity index (χ3v) is 10.9. The minimum Gasteiger partial charge on any atom is -0.455 e. The molecule has 9 aromatic carbocycles. The number of benzene rings is 9. The first kappa shape index (κ1) is 32.7. The average Bonchev–Trinajstić information content (AvgIpc) is 3.67. The number of rotatable bonds is 6. The second kappa shape index (κ2) is 13.6. The molecule has 0 aliphatic heterocycles. The zero-order valence-corrected chi connectivity index (χ0v) is 30.8. The van der Waals surface area contributed by atoms with Gasteiger partial charge < -0.3 is 4.42 Å². The molecule has 11 rings (SSSR count). The van der Waals surface area contributed by atoms with Gasteiger partial charge in [-0.1, -0.05) is 170 Å². The van der Waals surface area contributed by atoms with E-state index in [1.165, 1.54) is 16.5 Å². The van der Waals surface area contributed by atoms with E-state index in [1.54, 1.807) is 0 Å². The molecule has 4 heteroatoms. The average molecular weight is 728 g/mol. The first-order valence-electron chi connectivity index (χ1n) is 19.2. The van der Waals surface area contributed by atoms with Gasteiger partial charge in [0.2, 0.25) is 0 Å². The normalized spacial score (nSPS) is 11.5. The summed E-state index contributed by atoms with van der Waals surface area (Å²) in [5, 5.41) is 6.67. The van der Waals surface area contributed by atoms with E-state index in [0.29, 0.717) is 17.5 Å². The number of hydrogen-bond donors (Lipinski definition) is 0. The van der Waals surface area contributed by atoms with Gasteiger partial charge in [0.15, 0.2) is 17.5 Å². The van der Waals surface area contributed by atoms with E-state index in [1.807, 2.05) is 36.4 Å². The number of aromatic nitrogens is 3. The summed E-state index contributed by atoms with van der Waals surface area (Å²) in [6, 6.07) is 69.8. The van der Waals surface area contributed by atoms with Gasteiger partial charge in [0.05, 0.1) is 0 Å². The van der Waals surface area contributed by atoms with E-state index in [2.05, 4.69) is 164 Å². The quantitative estimate of drug-likeness (QED) is 0.171. The molecule has 0 unspecified atom stereocenters. The largest absolute Gasteiger partial charge is 0.455 e. The van der Waals surface area contributed by atoms with Crippen molar-refractivity contribution < 1.29 is 4.42 Å². The first-order valence-corrected chi connectivity index (χ1v) is 19.2. The van der Waals surface area contributed by atoms with Gasteiger partial charge in [-0.15, -0.1) is 0 Å². The van der Waals surface area contributed by atoms with E-state index < -0.39 is 0 Å². The van der Waals surface area contributed by atoms with Crippen molar-refractivity contribution >= 4 is 43.5 Å². The van der Waals surface area contributed by atoms with Crippen LogP contribution in [-0.4, -0.2) is 15.0 Å². The van der Waals surface area contributed by atoms with Gasteiger partial charge in [-0.3, -0.25) is 0 Å². The predicted octanol–water partition coefficient (Wildman–Crippen LogP) is 14.1. The maximum Gasteiger partial charge on any atom is 0.164 e. The molecule has 0 bridgehead atoms. The van der Waals surface area contributed by atoms with E-state index in [-0.39, 0.29) is 0 Å². The maximum atomic E-state index is 6.74. The summed E-state index contributed by atoms with van der Waals surface area (Å²) in [7, 11) is 0. The molecular formula is C53H33N3O. The molecule has 2 aromatic heterocycles. The van der Waals surface area contributed by atoms with Crippen LogP contribution in [0.2, 0.25) is 0 Å². The van der Waals surface area contributed by atoms with Crippen molar-refractivity contribution in [3.8, 4) is 67.5 Å². The number of nitrogens with zero attached hydrogens (tertiary/aromatic N) is 3. The van der Waals surface area contributed by atoms with Gasteiger partial charge in [-0.25, -0.2) is 15.0 Å². The fraction of sp³-hybridized carbons (Fsp3) is 0. The highest BCUT2D eigenvalue weighted by atomic mass is 16.3. The van der Waals surface area contributed by atoms with E-state index in [9.17, 15) is 0 Å². The number of fused-ring (bicyclic) bond motifs is 6. The zero-order valence-electron chi connectivity index (χ0n) is 30.8. The Balaban J connectivity index is 1.06. The molecule has 0 fully saturated rings. The van der Waals surface area contributed by atoms with E-state index in [0.717, 1.165) is 77.0 Å². The summed E-state index contributed by atoms with van der Waals surface area (Å²) < 4.78 is 6.74. The van der Waals surface area contributed by atoms with E-state index in [4.69, 9.17) is 19.4 Å². The van der Waals surface area contributed by atoms with Gasteiger partial charge in [-0.2, -0.15) is 0 Å². The lowest BCUT2D eigenvalue weighted by Crippen LogP contribution is -2.01. The standard InChI is InChI=1S/C53H33N3O/c1-4-15-34(16-5-1)37-21-14-22-39(31-37)52-54-51(36-19-8-3-9-20-36)55-53(56-52)46-30-29-40(41-23-10-11-24-42(41)46)38-27-28-44-48-33-47(35-17-6-2-7-18-35)43-25-12-13-26-45(43)50(48)57-49(44)32-38/h1-33H. The first-order chi connectivity index (χ1) is 28.2. The molecule has 0 saturated heterocycles. The Kier molecular flexibility index (Phi) is 7.78. The van der Waals surface area contributed by atoms with Crippen LogP contribution < -0.4 is 0 Å². The van der Waals surface area contributed by atoms with Crippen LogP contribution in [0.4, 0.5) is 0 Å². The van der Waals surface area contributed by atoms with Crippen LogP contribution in [0.25, 0.3) is 111 Å². The molecule has 266 valence electrons. The van der Waals surface area contributed by atoms with Crippen molar-refractivity contribution in [1.82, 2.24) is 15.0 Å². The Labute approximate surface area is 329 Å². The predicted molar refractivity (Wildman–Crippen MR) is 235 cm³/mol. The maximum absolute atomic E-state index is 6.74. The molecule has 0 atom stereocenters. The van der Waals surface area contributed by atoms with Gasteiger partial charge in [0.25, 0.3) is 0 Å². The third-order valence-electron chi connectivity index (χ3n) is 10.9. The van der Waals surface area contributed by atoms with Crippen LogP contribution in [-0.2, 0) is 0 Å². The molecule has 0 amide bonds. The molecule has 2 heterocycles. The van der Waals surface area contributed by atoms with Crippen LogP contribution in [0.3, 0.4) is 0 Å². The van der Waals surface area contributed by atoms with Crippen molar-refractivity contribution in [2.45, 2.75) is 0 Å². The van der Waals surface area contributed by atoms with Crippen LogP contribution in [0.15, 0.2) is 205 Å². The molecule has 0 radical (unpaired) electrons. The van der Waals surface area contributed by atoms with Crippen molar-refractivity contribution in [1.29, 1.82) is 0 Å². The Bertz CT molecular complexity index is 3280. The second-order valence-corrected chi connectivity index (χ2v) is 14.4. The van der Waals surface area contributed by atoms with Gasteiger partial charge in [0, 0.05) is 32.8 Å². The topological polar surface area (TPSA) is 51.8 Å². The van der Waals surface area contributed by atoms with Crippen LogP contribution in [0, 0.1) is 0 Å². The number of furan rings is 1. The van der Waals surface area contributed by atoms with Crippen LogP contribution in [0.1, 0.15) is 0 Å². The lowest BCUT2D eigenvalue weighted by molar-refractivity contribution is 0.673. The highest BCUT2D eigenvalue weighted by Crippen LogP contribution is 2.42. The summed E-state index contributed by atoms with van der Waals surface area (Å²) in [6.45, 7) is 0. The lowest BCUT2D eigenvalue weighted by Gasteiger charge is -2.13. The molecule has 0 spiro atoms. The third kappa shape index (κ3) is 5.74. The fourth-order valence-electron chi connectivity index (χ4n) is 8.18. The summed E-state index contributed by atoms with van der Waals surface area (Å²) in [5.74, 6) is 1.88. The van der Waals surface area contributed by atoms with Gasteiger partial charge >= 0.3 is 0 Å². The zero-order chi connectivity index (χ0) is 37.7. The molecule has 4 nitrogen and oxygen atoms in total. The van der Waals surface area contributed by atoms with Crippen molar-refractivity contribution in [3.63, 3.8) is 0 Å². The summed E-state index contributed by atoms with van der Waals surface area (Å²) in [6.07, 6.45) is 0. The highest BCUT2D eigenvalue weighted by molar-refractivity contribution is 6.19. The number of hydrogen-bond acceptors (Lipinski definition) is 4. The van der Waals surface area contributed by atoms with Crippen molar-refractivity contribution in [3.05, 3.63) is 200 Å². The molecule has 0 N–H and O–H groups in total. The molecule has 0 aliphatic carbocycles. The van der Waals surface area contributed by atoms with Crippen molar-refractivity contribution in [2.24, 2.45) is 0 Å². The molecular weight excluding hydrogens is 695 g/mol. The second-order valence-electron chi connectivity index (χ2n) is 14.4. The van der Waals surface area contributed by atoms with Gasteiger partial charge in [0.1, 0.15) is 11.2 Å². The molecule has 0 saturated carbocycles.